The van der Waals surface area contributed by atoms with Gasteiger partial charge in [0.2, 0.25) is 5.91 Å². The first-order valence-corrected chi connectivity index (χ1v) is 7.07. The number of ether oxygens (including phenoxy) is 2. The van der Waals surface area contributed by atoms with E-state index < -0.39 is 0 Å². The van der Waals surface area contributed by atoms with Gasteiger partial charge in [0, 0.05) is 19.7 Å². The maximum Gasteiger partial charge on any atom is 0.246 e. The van der Waals surface area contributed by atoms with Crippen molar-refractivity contribution in [1.29, 1.82) is 0 Å². The highest BCUT2D eigenvalue weighted by Gasteiger charge is 2.13. The number of rotatable bonds is 4. The SMILES string of the molecule is CN(Cc1ccc2c(c1)OCCO2)C(=O)/C=C/c1ccco1. The lowest BCUT2D eigenvalue weighted by molar-refractivity contribution is -0.125. The van der Waals surface area contributed by atoms with Gasteiger partial charge in [-0.25, -0.2) is 0 Å². The van der Waals surface area contributed by atoms with E-state index in [1.807, 2.05) is 18.2 Å². The Bertz CT molecular complexity index is 676. The number of hydrogen-bond donors (Lipinski definition) is 0. The van der Waals surface area contributed by atoms with E-state index in [0.717, 1.165) is 17.1 Å². The normalized spacial score (nSPS) is 13.3. The number of carbonyl (C=O) groups is 1. The van der Waals surface area contributed by atoms with Gasteiger partial charge in [-0.2, -0.15) is 0 Å². The van der Waals surface area contributed by atoms with E-state index in [1.54, 1.807) is 36.4 Å². The Morgan fingerprint density at radius 1 is 1.23 bits per heavy atom. The van der Waals surface area contributed by atoms with Crippen LogP contribution in [0.1, 0.15) is 11.3 Å². The van der Waals surface area contributed by atoms with Gasteiger partial charge < -0.3 is 18.8 Å². The lowest BCUT2D eigenvalue weighted by Gasteiger charge is -2.20. The van der Waals surface area contributed by atoms with Gasteiger partial charge in [-0.15, -0.1) is 0 Å². The summed E-state index contributed by atoms with van der Waals surface area (Å²) < 4.78 is 16.2. The summed E-state index contributed by atoms with van der Waals surface area (Å²) in [4.78, 5) is 13.7. The van der Waals surface area contributed by atoms with Crippen LogP contribution in [-0.4, -0.2) is 31.1 Å². The van der Waals surface area contributed by atoms with Crippen LogP contribution in [-0.2, 0) is 11.3 Å². The summed E-state index contributed by atoms with van der Waals surface area (Å²) in [6.45, 7) is 1.62. The van der Waals surface area contributed by atoms with Crippen LogP contribution in [0.3, 0.4) is 0 Å². The van der Waals surface area contributed by atoms with E-state index in [9.17, 15) is 4.79 Å². The van der Waals surface area contributed by atoms with Crippen LogP contribution in [0, 0.1) is 0 Å². The molecule has 3 rings (SSSR count). The van der Waals surface area contributed by atoms with Crippen LogP contribution in [0.4, 0.5) is 0 Å². The number of amides is 1. The highest BCUT2D eigenvalue weighted by atomic mass is 16.6. The molecule has 0 N–H and O–H groups in total. The topological polar surface area (TPSA) is 51.9 Å². The number of hydrogen-bond acceptors (Lipinski definition) is 4. The number of benzene rings is 1. The molecule has 114 valence electrons. The number of nitrogens with zero attached hydrogens (tertiary/aromatic N) is 1. The molecule has 0 unspecified atom stereocenters. The Labute approximate surface area is 128 Å². The molecule has 1 amide bonds. The van der Waals surface area contributed by atoms with Gasteiger partial charge in [0.15, 0.2) is 11.5 Å². The van der Waals surface area contributed by atoms with Crippen LogP contribution in [0.2, 0.25) is 0 Å². The molecule has 5 heteroatoms. The van der Waals surface area contributed by atoms with Gasteiger partial charge in [-0.3, -0.25) is 4.79 Å². The van der Waals surface area contributed by atoms with Crippen LogP contribution in [0.15, 0.2) is 47.1 Å². The summed E-state index contributed by atoms with van der Waals surface area (Å²) in [7, 11) is 1.76. The second kappa shape index (κ2) is 6.39. The number of likely N-dealkylation sites (N-methyl/N-ethyl adjacent to an activating group) is 1. The molecule has 0 fully saturated rings. The van der Waals surface area contributed by atoms with Crippen molar-refractivity contribution >= 4 is 12.0 Å². The second-order valence-electron chi connectivity index (χ2n) is 5.02. The predicted octanol–water partition coefficient (Wildman–Crippen LogP) is 2.72. The van der Waals surface area contributed by atoms with Gasteiger partial charge in [-0.1, -0.05) is 6.07 Å². The van der Waals surface area contributed by atoms with Crippen LogP contribution in [0.5, 0.6) is 11.5 Å². The Balaban J connectivity index is 1.63. The molecule has 0 saturated carbocycles. The summed E-state index contributed by atoms with van der Waals surface area (Å²) in [5, 5.41) is 0. The minimum atomic E-state index is -0.0914. The van der Waals surface area contributed by atoms with Crippen molar-refractivity contribution in [2.24, 2.45) is 0 Å². The molecule has 2 aromatic rings. The van der Waals surface area contributed by atoms with E-state index in [-0.39, 0.29) is 5.91 Å². The van der Waals surface area contributed by atoms with E-state index in [2.05, 4.69) is 0 Å². The lowest BCUT2D eigenvalue weighted by atomic mass is 10.2. The summed E-state index contributed by atoms with van der Waals surface area (Å²) in [5.74, 6) is 2.05. The molecular formula is C17H17NO4. The fraction of sp³-hybridized carbons (Fsp3) is 0.235. The number of furan rings is 1. The Morgan fingerprint density at radius 3 is 2.82 bits per heavy atom. The van der Waals surface area contributed by atoms with E-state index in [4.69, 9.17) is 13.9 Å². The van der Waals surface area contributed by atoms with Crippen molar-refractivity contribution in [1.82, 2.24) is 4.90 Å². The number of carbonyl (C=O) groups excluding carboxylic acids is 1. The van der Waals surface area contributed by atoms with Crippen molar-refractivity contribution in [2.45, 2.75) is 6.54 Å². The standard InChI is InChI=1S/C17H17NO4/c1-18(17(19)7-5-14-3-2-8-20-14)12-13-4-6-15-16(11-13)22-10-9-21-15/h2-8,11H,9-10,12H2,1H3/b7-5+. The zero-order valence-corrected chi connectivity index (χ0v) is 12.3. The van der Waals surface area contributed by atoms with E-state index in [1.165, 1.54) is 6.08 Å². The maximum atomic E-state index is 12.1. The largest absolute Gasteiger partial charge is 0.486 e. The first-order chi connectivity index (χ1) is 10.7. The third-order valence-corrected chi connectivity index (χ3v) is 3.34. The molecule has 0 aliphatic carbocycles. The molecule has 1 aromatic carbocycles. The summed E-state index contributed by atoms with van der Waals surface area (Å²) in [6, 6.07) is 9.30. The summed E-state index contributed by atoms with van der Waals surface area (Å²) in [5.41, 5.74) is 0.992. The third-order valence-electron chi connectivity index (χ3n) is 3.34. The first kappa shape index (κ1) is 14.3. The van der Waals surface area contributed by atoms with Crippen molar-refractivity contribution in [3.05, 3.63) is 54.0 Å². The Morgan fingerprint density at radius 2 is 2.05 bits per heavy atom. The van der Waals surface area contributed by atoms with Crippen LogP contribution in [0.25, 0.3) is 6.08 Å². The van der Waals surface area contributed by atoms with Gasteiger partial charge in [0.1, 0.15) is 19.0 Å². The molecule has 0 atom stereocenters. The zero-order chi connectivity index (χ0) is 15.4. The molecule has 0 spiro atoms. The molecule has 0 bridgehead atoms. The average molecular weight is 299 g/mol. The molecular weight excluding hydrogens is 282 g/mol. The maximum absolute atomic E-state index is 12.1. The molecule has 5 nitrogen and oxygen atoms in total. The zero-order valence-electron chi connectivity index (χ0n) is 12.3. The number of fused-ring (bicyclic) bond motifs is 1. The van der Waals surface area contributed by atoms with E-state index in [0.29, 0.717) is 25.5 Å². The first-order valence-electron chi connectivity index (χ1n) is 7.07. The van der Waals surface area contributed by atoms with Crippen molar-refractivity contribution < 1.29 is 18.7 Å². The van der Waals surface area contributed by atoms with Crippen LogP contribution >= 0.6 is 0 Å². The van der Waals surface area contributed by atoms with Gasteiger partial charge >= 0.3 is 0 Å². The fourth-order valence-corrected chi connectivity index (χ4v) is 2.20. The third kappa shape index (κ3) is 3.31. The fourth-order valence-electron chi connectivity index (χ4n) is 2.20. The lowest BCUT2D eigenvalue weighted by Crippen LogP contribution is -2.24. The minimum absolute atomic E-state index is 0.0914. The minimum Gasteiger partial charge on any atom is -0.486 e. The Hall–Kier alpha value is -2.69. The van der Waals surface area contributed by atoms with Crippen LogP contribution < -0.4 is 9.47 Å². The molecule has 0 radical (unpaired) electrons. The van der Waals surface area contributed by atoms with Crippen molar-refractivity contribution in [2.75, 3.05) is 20.3 Å². The summed E-state index contributed by atoms with van der Waals surface area (Å²) in [6.07, 6.45) is 4.72. The van der Waals surface area contributed by atoms with Crippen molar-refractivity contribution in [3.63, 3.8) is 0 Å². The van der Waals surface area contributed by atoms with Gasteiger partial charge in [-0.05, 0) is 35.9 Å². The molecule has 1 aliphatic rings. The Kier molecular flexibility index (Phi) is 4.14. The van der Waals surface area contributed by atoms with Gasteiger partial charge in [0.05, 0.1) is 6.26 Å². The smallest absolute Gasteiger partial charge is 0.246 e. The highest BCUT2D eigenvalue weighted by molar-refractivity contribution is 5.91. The molecule has 1 aromatic heterocycles. The monoisotopic (exact) mass is 299 g/mol. The predicted molar refractivity (Wildman–Crippen MR) is 81.6 cm³/mol. The quantitative estimate of drug-likeness (QED) is 0.815. The molecule has 0 saturated heterocycles. The second-order valence-corrected chi connectivity index (χ2v) is 5.02. The molecule has 1 aliphatic heterocycles. The molecule has 22 heavy (non-hydrogen) atoms. The average Bonchev–Trinajstić information content (AvgIpc) is 3.06. The van der Waals surface area contributed by atoms with E-state index >= 15 is 0 Å². The van der Waals surface area contributed by atoms with Crippen molar-refractivity contribution in [3.8, 4) is 11.5 Å². The highest BCUT2D eigenvalue weighted by Crippen LogP contribution is 2.31. The molecule has 2 heterocycles. The van der Waals surface area contributed by atoms with Gasteiger partial charge in [0.25, 0.3) is 0 Å². The summed E-state index contributed by atoms with van der Waals surface area (Å²) >= 11 is 0.